The third-order valence-corrected chi connectivity index (χ3v) is 11.4. The van der Waals surface area contributed by atoms with E-state index in [0.717, 1.165) is 56.4 Å². The van der Waals surface area contributed by atoms with Crippen LogP contribution in [0.4, 0.5) is 4.79 Å². The fraction of sp³-hybridized carbons (Fsp3) is 0.462. The average Bonchev–Trinajstić information content (AvgIpc) is 3.88. The minimum absolute atomic E-state index is 0.0708. The summed E-state index contributed by atoms with van der Waals surface area (Å²) in [5.41, 5.74) is 6.04. The van der Waals surface area contributed by atoms with Crippen molar-refractivity contribution >= 4 is 41.1 Å². The Hall–Kier alpha value is -4.19. The predicted octanol–water partition coefficient (Wildman–Crippen LogP) is 6.54. The summed E-state index contributed by atoms with van der Waals surface area (Å²) in [7, 11) is 4.60. The van der Waals surface area contributed by atoms with Gasteiger partial charge in [-0.2, -0.15) is 0 Å². The first kappa shape index (κ1) is 39.0. The van der Waals surface area contributed by atoms with Crippen molar-refractivity contribution in [2.24, 2.45) is 11.7 Å². The van der Waals surface area contributed by atoms with Gasteiger partial charge in [0.05, 0.1) is 31.4 Å². The summed E-state index contributed by atoms with van der Waals surface area (Å²) in [6.07, 6.45) is 4.50. The maximum absolute atomic E-state index is 13.4. The minimum Gasteiger partial charge on any atom is -0.493 e. The number of rotatable bonds is 10. The summed E-state index contributed by atoms with van der Waals surface area (Å²) in [6.45, 7) is 5.06. The minimum atomic E-state index is -1.09. The fourth-order valence-corrected chi connectivity index (χ4v) is 8.05. The standard InChI is InChI=1S/C34H38Cl2N2O6.C5H10N2O/c1-42-29-18-24(19-30(43-2)31(29)44-3)32(39)38-15-12-22(20-38)11-14-37-16-13-34(33(40)41,25-7-5-4-6-8-25)26(21-37)23-9-10-27(35)28(36)17-23;6-5(8)7-3-1-2-4-7/h4-10,17-19,22,26H,11-16,20-21H2,1-3H3,(H,40,41);1-4H2,(H2,6,8). The fourth-order valence-electron chi connectivity index (χ4n) is 7.74. The number of methoxy groups -OCH3 is 3. The Kier molecular flexibility index (Phi) is 13.2. The number of carboxylic acid groups (broad SMARTS) is 1. The molecule has 3 aliphatic rings. The lowest BCUT2D eigenvalue weighted by Crippen LogP contribution is -2.53. The van der Waals surface area contributed by atoms with E-state index in [4.69, 9.17) is 43.1 Å². The number of ether oxygens (including phenoxy) is 3. The summed E-state index contributed by atoms with van der Waals surface area (Å²) in [4.78, 5) is 42.8. The Bertz CT molecular complexity index is 1700. The van der Waals surface area contributed by atoms with Crippen molar-refractivity contribution in [1.82, 2.24) is 14.7 Å². The number of carbonyl (C=O) groups is 3. The number of amides is 3. The summed E-state index contributed by atoms with van der Waals surface area (Å²) >= 11 is 12.7. The lowest BCUT2D eigenvalue weighted by Gasteiger charge is -2.46. The van der Waals surface area contributed by atoms with Crippen LogP contribution in [0.1, 0.15) is 59.5 Å². The van der Waals surface area contributed by atoms with Gasteiger partial charge in [-0.1, -0.05) is 59.6 Å². The molecule has 3 aliphatic heterocycles. The molecule has 52 heavy (non-hydrogen) atoms. The number of benzene rings is 3. The van der Waals surface area contributed by atoms with Crippen molar-refractivity contribution in [2.75, 3.05) is 67.1 Å². The molecule has 0 spiro atoms. The number of carbonyl (C=O) groups excluding carboxylic acids is 2. The highest BCUT2D eigenvalue weighted by Crippen LogP contribution is 2.47. The lowest BCUT2D eigenvalue weighted by atomic mass is 9.63. The van der Waals surface area contributed by atoms with E-state index < -0.39 is 11.4 Å². The van der Waals surface area contributed by atoms with Crippen LogP contribution in [-0.2, 0) is 10.2 Å². The molecule has 6 rings (SSSR count). The largest absolute Gasteiger partial charge is 0.493 e. The molecule has 0 bridgehead atoms. The quantitative estimate of drug-likeness (QED) is 0.238. The second kappa shape index (κ2) is 17.6. The average molecular weight is 756 g/mol. The Morgan fingerprint density at radius 1 is 0.846 bits per heavy atom. The molecule has 0 saturated carbocycles. The van der Waals surface area contributed by atoms with Gasteiger partial charge in [-0.05, 0) is 86.5 Å². The Morgan fingerprint density at radius 2 is 1.52 bits per heavy atom. The van der Waals surface area contributed by atoms with E-state index in [1.807, 2.05) is 47.4 Å². The molecule has 3 aromatic carbocycles. The van der Waals surface area contributed by atoms with Gasteiger partial charge in [0, 0.05) is 44.2 Å². The Balaban J connectivity index is 0.000000577. The van der Waals surface area contributed by atoms with Crippen LogP contribution in [-0.4, -0.2) is 105 Å². The highest BCUT2D eigenvalue weighted by atomic mass is 35.5. The van der Waals surface area contributed by atoms with Gasteiger partial charge in [0.15, 0.2) is 11.5 Å². The van der Waals surface area contributed by atoms with Crippen molar-refractivity contribution < 1.29 is 33.7 Å². The first-order valence-corrected chi connectivity index (χ1v) is 18.4. The molecule has 3 amide bonds. The SMILES string of the molecule is COc1cc(C(=O)N2CCC(CCN3CCC(C(=O)O)(c4ccccc4)C(c4ccc(Cl)c(Cl)c4)C3)C2)cc(OC)c1OC.NC(=O)N1CCCC1. The number of halogens is 2. The van der Waals surface area contributed by atoms with Gasteiger partial charge < -0.3 is 39.8 Å². The zero-order chi connectivity index (χ0) is 37.4. The highest BCUT2D eigenvalue weighted by molar-refractivity contribution is 6.42. The van der Waals surface area contributed by atoms with Gasteiger partial charge in [-0.3, -0.25) is 9.59 Å². The Morgan fingerprint density at radius 3 is 2.08 bits per heavy atom. The van der Waals surface area contributed by atoms with E-state index in [1.165, 1.54) is 21.3 Å². The van der Waals surface area contributed by atoms with Crippen LogP contribution in [0.15, 0.2) is 60.7 Å². The molecule has 280 valence electrons. The molecule has 3 N–H and O–H groups in total. The second-order valence-electron chi connectivity index (χ2n) is 13.6. The smallest absolute Gasteiger partial charge is 0.314 e. The molecule has 0 radical (unpaired) electrons. The number of hydrogen-bond donors (Lipinski definition) is 2. The third-order valence-electron chi connectivity index (χ3n) is 10.6. The number of piperidine rings is 1. The normalized spacial score (nSPS) is 21.6. The van der Waals surface area contributed by atoms with Gasteiger partial charge >= 0.3 is 12.0 Å². The van der Waals surface area contributed by atoms with E-state index in [1.54, 1.807) is 23.1 Å². The maximum atomic E-state index is 13.4. The number of urea groups is 1. The molecule has 0 aromatic heterocycles. The molecule has 11 nitrogen and oxygen atoms in total. The van der Waals surface area contributed by atoms with Gasteiger partial charge in [0.1, 0.15) is 5.41 Å². The Labute approximate surface area is 315 Å². The van der Waals surface area contributed by atoms with Crippen molar-refractivity contribution in [3.05, 3.63) is 87.4 Å². The van der Waals surface area contributed by atoms with Crippen LogP contribution < -0.4 is 19.9 Å². The maximum Gasteiger partial charge on any atom is 0.314 e. The number of primary amides is 1. The lowest BCUT2D eigenvalue weighted by molar-refractivity contribution is -0.147. The molecule has 13 heteroatoms. The van der Waals surface area contributed by atoms with Crippen molar-refractivity contribution in [3.63, 3.8) is 0 Å². The zero-order valence-corrected chi connectivity index (χ0v) is 31.5. The van der Waals surface area contributed by atoms with Crippen LogP contribution in [0.2, 0.25) is 10.0 Å². The molecular formula is C39H48Cl2N4O7. The zero-order valence-electron chi connectivity index (χ0n) is 30.0. The second-order valence-corrected chi connectivity index (χ2v) is 14.4. The van der Waals surface area contributed by atoms with E-state index in [2.05, 4.69) is 4.90 Å². The van der Waals surface area contributed by atoms with Gasteiger partial charge in [-0.25, -0.2) is 4.79 Å². The number of aliphatic carboxylic acids is 1. The number of hydrogen-bond acceptors (Lipinski definition) is 7. The van der Waals surface area contributed by atoms with Crippen LogP contribution >= 0.6 is 23.2 Å². The van der Waals surface area contributed by atoms with E-state index >= 15 is 0 Å². The molecule has 3 unspecified atom stereocenters. The number of nitrogens with zero attached hydrogens (tertiary/aromatic N) is 3. The monoisotopic (exact) mass is 754 g/mol. The van der Waals surface area contributed by atoms with E-state index in [-0.39, 0.29) is 17.9 Å². The molecular weight excluding hydrogens is 707 g/mol. The number of likely N-dealkylation sites (tertiary alicyclic amines) is 3. The van der Waals surface area contributed by atoms with Crippen molar-refractivity contribution in [3.8, 4) is 17.2 Å². The highest BCUT2D eigenvalue weighted by Gasteiger charge is 2.51. The van der Waals surface area contributed by atoms with E-state index in [9.17, 15) is 19.5 Å². The van der Waals surface area contributed by atoms with Gasteiger partial charge in [-0.15, -0.1) is 0 Å². The molecule has 3 saturated heterocycles. The predicted molar refractivity (Wildman–Crippen MR) is 201 cm³/mol. The summed E-state index contributed by atoms with van der Waals surface area (Å²) < 4.78 is 16.3. The third kappa shape index (κ3) is 8.54. The summed E-state index contributed by atoms with van der Waals surface area (Å²) in [6, 6.07) is 18.1. The van der Waals surface area contributed by atoms with Crippen LogP contribution in [0.5, 0.6) is 17.2 Å². The summed E-state index contributed by atoms with van der Waals surface area (Å²) in [5, 5.41) is 11.6. The molecule has 3 heterocycles. The van der Waals surface area contributed by atoms with Crippen molar-refractivity contribution in [2.45, 2.75) is 43.4 Å². The van der Waals surface area contributed by atoms with E-state index in [0.29, 0.717) is 71.4 Å². The van der Waals surface area contributed by atoms with Gasteiger partial charge in [0.2, 0.25) is 5.75 Å². The van der Waals surface area contributed by atoms with Crippen molar-refractivity contribution in [1.29, 1.82) is 0 Å². The topological polar surface area (TPSA) is 135 Å². The van der Waals surface area contributed by atoms with Crippen LogP contribution in [0.3, 0.4) is 0 Å². The number of carboxylic acids is 1. The summed E-state index contributed by atoms with van der Waals surface area (Å²) in [5.74, 6) is 0.443. The molecule has 3 fully saturated rings. The molecule has 3 aromatic rings. The van der Waals surface area contributed by atoms with Crippen LogP contribution in [0.25, 0.3) is 0 Å². The van der Waals surface area contributed by atoms with Crippen LogP contribution in [0, 0.1) is 5.92 Å². The van der Waals surface area contributed by atoms with Gasteiger partial charge in [0.25, 0.3) is 5.91 Å². The number of nitrogens with two attached hydrogens (primary N) is 1. The molecule has 3 atom stereocenters. The first-order valence-electron chi connectivity index (χ1n) is 17.6. The first-order chi connectivity index (χ1) is 25.0. The molecule has 0 aliphatic carbocycles.